The highest BCUT2D eigenvalue weighted by Crippen LogP contribution is 2.31. The van der Waals surface area contributed by atoms with Crippen LogP contribution in [0.3, 0.4) is 0 Å². The Labute approximate surface area is 144 Å². The average molecular weight is 342 g/mol. The van der Waals surface area contributed by atoms with Gasteiger partial charge in [0.15, 0.2) is 5.13 Å². The van der Waals surface area contributed by atoms with Crippen LogP contribution in [-0.4, -0.2) is 23.5 Å². The summed E-state index contributed by atoms with van der Waals surface area (Å²) in [6, 6.07) is 9.32. The van der Waals surface area contributed by atoms with Crippen LogP contribution >= 0.6 is 11.3 Å². The molecule has 6 heteroatoms. The molecule has 1 aromatic carbocycles. The minimum atomic E-state index is -0.446. The first-order valence-corrected chi connectivity index (χ1v) is 8.31. The Kier molecular flexibility index (Phi) is 6.45. The second-order valence-electron chi connectivity index (χ2n) is 4.66. The summed E-state index contributed by atoms with van der Waals surface area (Å²) in [5.74, 6) is -0.754. The monoisotopic (exact) mass is 342 g/mol. The zero-order chi connectivity index (χ0) is 17.4. The summed E-state index contributed by atoms with van der Waals surface area (Å²) in [5.41, 5.74) is 1.30. The lowest BCUT2D eigenvalue weighted by Gasteiger charge is -2.01. The van der Waals surface area contributed by atoms with Gasteiger partial charge in [-0.05, 0) is 13.8 Å². The number of hydrogen-bond donors (Lipinski definition) is 1. The maximum absolute atomic E-state index is 12.2. The highest BCUT2D eigenvalue weighted by molar-refractivity contribution is 7.18. The maximum Gasteiger partial charge on any atom is 0.350 e. The van der Waals surface area contributed by atoms with E-state index in [2.05, 4.69) is 10.3 Å². The maximum atomic E-state index is 12.2. The van der Waals surface area contributed by atoms with Crippen LogP contribution in [0.2, 0.25) is 0 Å². The van der Waals surface area contributed by atoms with E-state index in [0.717, 1.165) is 16.9 Å². The van der Waals surface area contributed by atoms with Gasteiger partial charge < -0.3 is 4.74 Å². The molecule has 1 aromatic heterocycles. The molecule has 124 valence electrons. The molecule has 0 aliphatic rings. The molecule has 0 radical (unpaired) electrons. The van der Waals surface area contributed by atoms with E-state index in [-0.39, 0.29) is 12.5 Å². The van der Waals surface area contributed by atoms with Crippen molar-refractivity contribution in [3.63, 3.8) is 0 Å². The van der Waals surface area contributed by atoms with Gasteiger partial charge >= 0.3 is 5.97 Å². The van der Waals surface area contributed by atoms with Crippen LogP contribution < -0.4 is 5.32 Å². The van der Waals surface area contributed by atoms with E-state index in [1.807, 2.05) is 43.3 Å². The number of carbonyl (C=O) groups is 2. The van der Waals surface area contributed by atoms with E-state index in [4.69, 9.17) is 4.74 Å². The van der Waals surface area contributed by atoms with E-state index >= 15 is 0 Å². The van der Waals surface area contributed by atoms with Crippen molar-refractivity contribution in [3.8, 4) is 11.3 Å². The molecule has 0 aliphatic heterocycles. The summed E-state index contributed by atoms with van der Waals surface area (Å²) in [5, 5.41) is 3.02. The molecule has 0 saturated carbocycles. The summed E-state index contributed by atoms with van der Waals surface area (Å²) in [6.07, 6.45) is 6.60. The fraction of sp³-hybridized carbons (Fsp3) is 0.167. The molecule has 0 spiro atoms. The van der Waals surface area contributed by atoms with Gasteiger partial charge in [0.05, 0.1) is 12.3 Å². The lowest BCUT2D eigenvalue weighted by molar-refractivity contribution is -0.111. The van der Waals surface area contributed by atoms with Crippen LogP contribution in [0.25, 0.3) is 11.3 Å². The molecule has 1 heterocycles. The smallest absolute Gasteiger partial charge is 0.350 e. The molecule has 0 bridgehead atoms. The topological polar surface area (TPSA) is 68.3 Å². The van der Waals surface area contributed by atoms with Crippen molar-refractivity contribution in [1.82, 2.24) is 4.98 Å². The molecule has 0 aliphatic carbocycles. The first-order valence-electron chi connectivity index (χ1n) is 7.49. The van der Waals surface area contributed by atoms with Crippen LogP contribution in [0.4, 0.5) is 5.13 Å². The van der Waals surface area contributed by atoms with Crippen molar-refractivity contribution in [2.45, 2.75) is 13.8 Å². The Morgan fingerprint density at radius 3 is 2.67 bits per heavy atom. The van der Waals surface area contributed by atoms with Gasteiger partial charge in [0, 0.05) is 11.6 Å². The fourth-order valence-corrected chi connectivity index (χ4v) is 2.79. The van der Waals surface area contributed by atoms with Gasteiger partial charge in [-0.15, -0.1) is 0 Å². The van der Waals surface area contributed by atoms with Gasteiger partial charge in [-0.25, -0.2) is 9.78 Å². The van der Waals surface area contributed by atoms with Crippen LogP contribution in [0.15, 0.2) is 54.6 Å². The lowest BCUT2D eigenvalue weighted by Crippen LogP contribution is -2.07. The highest BCUT2D eigenvalue weighted by Gasteiger charge is 2.21. The van der Waals surface area contributed by atoms with E-state index < -0.39 is 5.97 Å². The number of benzene rings is 1. The Balaban J connectivity index is 2.31. The molecule has 0 atom stereocenters. The van der Waals surface area contributed by atoms with E-state index in [1.54, 1.807) is 19.1 Å². The molecular formula is C18H18N2O3S. The number of allylic oxidation sites excluding steroid dienone is 3. The third kappa shape index (κ3) is 4.63. The number of hydrogen-bond acceptors (Lipinski definition) is 5. The zero-order valence-electron chi connectivity index (χ0n) is 13.5. The van der Waals surface area contributed by atoms with Gasteiger partial charge in [0.1, 0.15) is 4.88 Å². The number of thiazole rings is 1. The standard InChI is InChI=1S/C18H18N2O3S/c1-3-5-7-12-14(21)19-18-20-15(13-10-8-6-9-11-13)16(24-18)17(22)23-4-2/h3,5-12H,4H2,1-2H3,(H,19,20,21). The second kappa shape index (κ2) is 8.79. The van der Waals surface area contributed by atoms with Crippen LogP contribution in [0, 0.1) is 0 Å². The summed E-state index contributed by atoms with van der Waals surface area (Å²) >= 11 is 1.10. The normalized spacial score (nSPS) is 11.1. The quantitative estimate of drug-likeness (QED) is 0.488. The average Bonchev–Trinajstić information content (AvgIpc) is 3.00. The number of amides is 1. The van der Waals surface area contributed by atoms with Crippen molar-refractivity contribution in [3.05, 3.63) is 59.5 Å². The van der Waals surface area contributed by atoms with Crippen molar-refractivity contribution in [1.29, 1.82) is 0 Å². The molecular weight excluding hydrogens is 324 g/mol. The Hall–Kier alpha value is -2.73. The summed E-state index contributed by atoms with van der Waals surface area (Å²) in [7, 11) is 0. The predicted molar refractivity (Wildman–Crippen MR) is 96.1 cm³/mol. The largest absolute Gasteiger partial charge is 0.462 e. The highest BCUT2D eigenvalue weighted by atomic mass is 32.1. The summed E-state index contributed by atoms with van der Waals surface area (Å²) in [4.78, 5) is 28.8. The van der Waals surface area contributed by atoms with Crippen molar-refractivity contribution < 1.29 is 14.3 Å². The van der Waals surface area contributed by atoms with Crippen LogP contribution in [-0.2, 0) is 9.53 Å². The minimum absolute atomic E-state index is 0.277. The number of nitrogens with zero attached hydrogens (tertiary/aromatic N) is 1. The predicted octanol–water partition coefficient (Wildman–Crippen LogP) is 4.06. The van der Waals surface area contributed by atoms with Gasteiger partial charge in [-0.1, -0.05) is 59.9 Å². The third-order valence-electron chi connectivity index (χ3n) is 2.92. The molecule has 0 unspecified atom stereocenters. The molecule has 2 rings (SSSR count). The van der Waals surface area contributed by atoms with Crippen molar-refractivity contribution >= 4 is 28.3 Å². The second-order valence-corrected chi connectivity index (χ2v) is 5.66. The first kappa shape index (κ1) is 17.6. The summed E-state index contributed by atoms with van der Waals surface area (Å²) < 4.78 is 5.08. The first-order chi connectivity index (χ1) is 11.7. The molecule has 5 nitrogen and oxygen atoms in total. The van der Waals surface area contributed by atoms with E-state index in [0.29, 0.717) is 15.7 Å². The minimum Gasteiger partial charge on any atom is -0.462 e. The van der Waals surface area contributed by atoms with Gasteiger partial charge in [0.25, 0.3) is 0 Å². The Morgan fingerprint density at radius 2 is 2.00 bits per heavy atom. The van der Waals surface area contributed by atoms with Gasteiger partial charge in [-0.2, -0.15) is 0 Å². The van der Waals surface area contributed by atoms with Crippen LogP contribution in [0.5, 0.6) is 0 Å². The van der Waals surface area contributed by atoms with E-state index in [1.165, 1.54) is 6.08 Å². The number of anilines is 1. The fourth-order valence-electron chi connectivity index (χ4n) is 1.90. The number of aromatic nitrogens is 1. The SMILES string of the molecule is CC=CC=CC(=O)Nc1nc(-c2ccccc2)c(C(=O)OCC)s1. The van der Waals surface area contributed by atoms with Crippen molar-refractivity contribution in [2.75, 3.05) is 11.9 Å². The Morgan fingerprint density at radius 1 is 1.25 bits per heavy atom. The van der Waals surface area contributed by atoms with E-state index in [9.17, 15) is 9.59 Å². The number of nitrogens with one attached hydrogen (secondary N) is 1. The molecule has 24 heavy (non-hydrogen) atoms. The third-order valence-corrected chi connectivity index (χ3v) is 3.87. The van der Waals surface area contributed by atoms with Gasteiger partial charge in [0.2, 0.25) is 5.91 Å². The molecule has 0 fully saturated rings. The number of esters is 1. The molecule has 2 aromatic rings. The van der Waals surface area contributed by atoms with Gasteiger partial charge in [-0.3, -0.25) is 10.1 Å². The number of carbonyl (C=O) groups excluding carboxylic acids is 2. The zero-order valence-corrected chi connectivity index (χ0v) is 14.3. The van der Waals surface area contributed by atoms with Crippen molar-refractivity contribution in [2.24, 2.45) is 0 Å². The molecule has 0 saturated heterocycles. The Bertz CT molecular complexity index is 764. The van der Waals surface area contributed by atoms with Crippen LogP contribution in [0.1, 0.15) is 23.5 Å². The molecule has 1 amide bonds. The molecule has 1 N–H and O–H groups in total. The number of ether oxygens (including phenoxy) is 1. The lowest BCUT2D eigenvalue weighted by atomic mass is 10.1. The summed E-state index contributed by atoms with van der Waals surface area (Å²) in [6.45, 7) is 3.88. The number of rotatable bonds is 6.